The molecular formula is C21H19Cl2N3O2S. The van der Waals surface area contributed by atoms with Crippen LogP contribution >= 0.6 is 34.5 Å². The summed E-state index contributed by atoms with van der Waals surface area (Å²) >= 11 is 13.7. The lowest BCUT2D eigenvalue weighted by atomic mass is 10.2. The summed E-state index contributed by atoms with van der Waals surface area (Å²) in [6, 6.07) is 10.7. The van der Waals surface area contributed by atoms with E-state index in [1.807, 2.05) is 30.5 Å². The summed E-state index contributed by atoms with van der Waals surface area (Å²) in [6.07, 6.45) is 1.92. The van der Waals surface area contributed by atoms with Crippen molar-refractivity contribution in [3.63, 3.8) is 0 Å². The molecule has 1 amide bonds. The van der Waals surface area contributed by atoms with Crippen molar-refractivity contribution >= 4 is 45.6 Å². The van der Waals surface area contributed by atoms with Crippen LogP contribution < -0.4 is 4.90 Å². The Morgan fingerprint density at radius 3 is 2.86 bits per heavy atom. The first-order chi connectivity index (χ1) is 14.0. The normalized spacial score (nSPS) is 16.2. The van der Waals surface area contributed by atoms with Crippen molar-refractivity contribution in [1.29, 1.82) is 0 Å². The van der Waals surface area contributed by atoms with Gasteiger partial charge in [0.1, 0.15) is 5.69 Å². The molecule has 150 valence electrons. The first-order valence-electron chi connectivity index (χ1n) is 9.29. The monoisotopic (exact) mass is 447 g/mol. The number of thiazole rings is 1. The van der Waals surface area contributed by atoms with E-state index in [9.17, 15) is 4.79 Å². The average molecular weight is 448 g/mol. The van der Waals surface area contributed by atoms with E-state index < -0.39 is 0 Å². The van der Waals surface area contributed by atoms with Gasteiger partial charge in [-0.1, -0.05) is 29.3 Å². The molecule has 0 N–H and O–H groups in total. The number of aromatic nitrogens is 2. The third kappa shape index (κ3) is 4.61. The van der Waals surface area contributed by atoms with Gasteiger partial charge in [-0.2, -0.15) is 0 Å². The highest BCUT2D eigenvalue weighted by atomic mass is 35.5. The number of benzene rings is 1. The minimum Gasteiger partial charge on any atom is -0.376 e. The van der Waals surface area contributed by atoms with Crippen LogP contribution in [0.15, 0.2) is 41.8 Å². The lowest BCUT2D eigenvalue weighted by molar-refractivity contribution is 0.0913. The Labute approximate surface area is 183 Å². The van der Waals surface area contributed by atoms with E-state index in [1.165, 1.54) is 11.3 Å². The molecule has 1 saturated heterocycles. The summed E-state index contributed by atoms with van der Waals surface area (Å²) in [5.74, 6) is -0.188. The van der Waals surface area contributed by atoms with Crippen LogP contribution in [0.25, 0.3) is 11.3 Å². The van der Waals surface area contributed by atoms with Crippen LogP contribution in [0.1, 0.15) is 29.0 Å². The molecule has 1 aromatic carbocycles. The molecule has 1 aliphatic rings. The largest absolute Gasteiger partial charge is 0.376 e. The van der Waals surface area contributed by atoms with Crippen LogP contribution in [-0.4, -0.2) is 35.1 Å². The van der Waals surface area contributed by atoms with Gasteiger partial charge < -0.3 is 4.74 Å². The van der Waals surface area contributed by atoms with E-state index >= 15 is 0 Å². The predicted octanol–water partition coefficient (Wildman–Crippen LogP) is 5.65. The lowest BCUT2D eigenvalue weighted by Crippen LogP contribution is -2.38. The first-order valence-corrected chi connectivity index (χ1v) is 10.9. The zero-order valence-electron chi connectivity index (χ0n) is 15.8. The standard InChI is InChI=1S/C21H19Cl2N3O2S/c1-13-4-2-6-18(24-13)20(27)26(11-15-5-3-9-28-15)21-25-19(12-29-21)16-8-7-14(22)10-17(16)23/h2,4,6-8,10,12,15H,3,5,9,11H2,1H3/t15-/m1/s1. The smallest absolute Gasteiger partial charge is 0.278 e. The summed E-state index contributed by atoms with van der Waals surface area (Å²) in [5.41, 5.74) is 2.66. The Morgan fingerprint density at radius 2 is 2.14 bits per heavy atom. The van der Waals surface area contributed by atoms with Crippen molar-refractivity contribution in [2.24, 2.45) is 0 Å². The molecule has 0 bridgehead atoms. The van der Waals surface area contributed by atoms with Crippen LogP contribution in [0.2, 0.25) is 10.0 Å². The van der Waals surface area contributed by atoms with Gasteiger partial charge in [-0.15, -0.1) is 11.3 Å². The molecule has 4 rings (SSSR count). The third-order valence-corrected chi connectivity index (χ3v) is 6.10. The Bertz CT molecular complexity index is 1030. The molecule has 0 saturated carbocycles. The second-order valence-electron chi connectivity index (χ2n) is 6.85. The fourth-order valence-electron chi connectivity index (χ4n) is 3.25. The van der Waals surface area contributed by atoms with E-state index in [0.717, 1.165) is 30.7 Å². The quantitative estimate of drug-likeness (QED) is 0.507. The Balaban J connectivity index is 1.67. The highest BCUT2D eigenvalue weighted by Gasteiger charge is 2.27. The predicted molar refractivity (Wildman–Crippen MR) is 117 cm³/mol. The molecule has 3 heterocycles. The molecule has 0 spiro atoms. The maximum Gasteiger partial charge on any atom is 0.278 e. The molecule has 0 aliphatic carbocycles. The average Bonchev–Trinajstić information content (AvgIpc) is 3.37. The minimum atomic E-state index is -0.188. The highest BCUT2D eigenvalue weighted by Crippen LogP contribution is 2.34. The molecule has 1 atom stereocenters. The number of amides is 1. The van der Waals surface area contributed by atoms with Crippen molar-refractivity contribution < 1.29 is 9.53 Å². The summed E-state index contributed by atoms with van der Waals surface area (Å²) in [5, 5.41) is 3.57. The third-order valence-electron chi connectivity index (χ3n) is 4.69. The number of anilines is 1. The Hall–Kier alpha value is -1.99. The van der Waals surface area contributed by atoms with Gasteiger partial charge in [-0.05, 0) is 50.1 Å². The molecule has 3 aromatic rings. The number of ether oxygens (including phenoxy) is 1. The number of hydrogen-bond donors (Lipinski definition) is 0. The molecule has 0 radical (unpaired) electrons. The molecule has 1 aliphatic heterocycles. The van der Waals surface area contributed by atoms with Crippen LogP contribution in [-0.2, 0) is 4.74 Å². The number of carbonyl (C=O) groups excluding carboxylic acids is 1. The van der Waals surface area contributed by atoms with Crippen molar-refractivity contribution in [3.05, 3.63) is 63.2 Å². The van der Waals surface area contributed by atoms with Gasteiger partial charge in [0.25, 0.3) is 5.91 Å². The molecule has 29 heavy (non-hydrogen) atoms. The van der Waals surface area contributed by atoms with E-state index in [0.29, 0.717) is 33.1 Å². The summed E-state index contributed by atoms with van der Waals surface area (Å²) < 4.78 is 5.77. The van der Waals surface area contributed by atoms with Gasteiger partial charge in [-0.25, -0.2) is 9.97 Å². The molecule has 8 heteroatoms. The van der Waals surface area contributed by atoms with E-state index in [-0.39, 0.29) is 12.0 Å². The van der Waals surface area contributed by atoms with Gasteiger partial charge in [0.15, 0.2) is 5.13 Å². The molecule has 2 aromatic heterocycles. The van der Waals surface area contributed by atoms with Crippen molar-refractivity contribution in [3.8, 4) is 11.3 Å². The Kier molecular flexibility index (Phi) is 6.15. The topological polar surface area (TPSA) is 55.3 Å². The Morgan fingerprint density at radius 1 is 1.28 bits per heavy atom. The molecule has 5 nitrogen and oxygen atoms in total. The minimum absolute atomic E-state index is 0.00442. The molecule has 1 fully saturated rings. The van der Waals surface area contributed by atoms with Crippen LogP contribution in [0.4, 0.5) is 5.13 Å². The fraction of sp³-hybridized carbons (Fsp3) is 0.286. The van der Waals surface area contributed by atoms with Gasteiger partial charge in [0.2, 0.25) is 0 Å². The zero-order valence-corrected chi connectivity index (χ0v) is 18.1. The second kappa shape index (κ2) is 8.79. The van der Waals surface area contributed by atoms with Gasteiger partial charge in [-0.3, -0.25) is 9.69 Å². The van der Waals surface area contributed by atoms with Gasteiger partial charge in [0, 0.05) is 28.3 Å². The van der Waals surface area contributed by atoms with E-state index in [1.54, 1.807) is 23.1 Å². The van der Waals surface area contributed by atoms with Crippen LogP contribution in [0.5, 0.6) is 0 Å². The van der Waals surface area contributed by atoms with E-state index in [2.05, 4.69) is 4.98 Å². The summed E-state index contributed by atoms with van der Waals surface area (Å²) in [7, 11) is 0. The number of hydrogen-bond acceptors (Lipinski definition) is 5. The van der Waals surface area contributed by atoms with Crippen LogP contribution in [0.3, 0.4) is 0 Å². The van der Waals surface area contributed by atoms with Gasteiger partial charge in [0.05, 0.1) is 23.4 Å². The number of aryl methyl sites for hydroxylation is 1. The summed E-state index contributed by atoms with van der Waals surface area (Å²) in [6.45, 7) is 3.03. The van der Waals surface area contributed by atoms with Crippen LogP contribution in [0, 0.1) is 6.92 Å². The van der Waals surface area contributed by atoms with E-state index in [4.69, 9.17) is 32.9 Å². The van der Waals surface area contributed by atoms with Gasteiger partial charge >= 0.3 is 0 Å². The maximum atomic E-state index is 13.3. The van der Waals surface area contributed by atoms with Crippen molar-refractivity contribution in [2.45, 2.75) is 25.9 Å². The number of rotatable bonds is 5. The highest BCUT2D eigenvalue weighted by molar-refractivity contribution is 7.14. The number of halogens is 2. The fourth-order valence-corrected chi connectivity index (χ4v) is 4.59. The second-order valence-corrected chi connectivity index (χ2v) is 8.53. The van der Waals surface area contributed by atoms with Crippen molar-refractivity contribution in [1.82, 2.24) is 9.97 Å². The lowest BCUT2D eigenvalue weighted by Gasteiger charge is -2.22. The first kappa shape index (κ1) is 20.3. The maximum absolute atomic E-state index is 13.3. The molecular weight excluding hydrogens is 429 g/mol. The number of carbonyl (C=O) groups is 1. The zero-order chi connectivity index (χ0) is 20.4. The number of pyridine rings is 1. The SMILES string of the molecule is Cc1cccc(C(=O)N(C[C@H]2CCCO2)c2nc(-c3ccc(Cl)cc3Cl)cs2)n1. The molecule has 0 unspecified atom stereocenters. The number of nitrogens with zero attached hydrogens (tertiary/aromatic N) is 3. The summed E-state index contributed by atoms with van der Waals surface area (Å²) in [4.78, 5) is 24.0. The van der Waals surface area contributed by atoms with Crippen molar-refractivity contribution in [2.75, 3.05) is 18.1 Å².